The number of halogens is 1. The van der Waals surface area contributed by atoms with Crippen molar-refractivity contribution < 1.29 is 0 Å². The fourth-order valence-electron chi connectivity index (χ4n) is 1.21. The zero-order chi connectivity index (χ0) is 10.7. The third kappa shape index (κ3) is 2.38. The van der Waals surface area contributed by atoms with Crippen molar-refractivity contribution in [3.63, 3.8) is 0 Å². The quantitative estimate of drug-likeness (QED) is 0.897. The Morgan fingerprint density at radius 1 is 1.33 bits per heavy atom. The molecule has 0 saturated carbocycles. The molecular formula is C11H7BrN2S. The molecule has 15 heavy (non-hydrogen) atoms. The van der Waals surface area contributed by atoms with Gasteiger partial charge in [-0.3, -0.25) is 0 Å². The first kappa shape index (κ1) is 10.2. The van der Waals surface area contributed by atoms with Crippen LogP contribution in [-0.2, 0) is 0 Å². The van der Waals surface area contributed by atoms with Gasteiger partial charge in [0, 0.05) is 15.5 Å². The molecule has 0 aliphatic heterocycles. The van der Waals surface area contributed by atoms with Gasteiger partial charge < -0.3 is 5.32 Å². The van der Waals surface area contributed by atoms with Gasteiger partial charge in [-0.2, -0.15) is 16.6 Å². The predicted octanol–water partition coefficient (Wildman–Crippen LogP) is 4.13. The molecule has 74 valence electrons. The minimum Gasteiger partial charge on any atom is -0.354 e. The number of anilines is 2. The van der Waals surface area contributed by atoms with Crippen molar-refractivity contribution in [2.75, 3.05) is 5.32 Å². The lowest BCUT2D eigenvalue weighted by Crippen LogP contribution is -1.91. The first-order chi connectivity index (χ1) is 7.29. The van der Waals surface area contributed by atoms with E-state index in [1.165, 1.54) is 0 Å². The van der Waals surface area contributed by atoms with E-state index in [4.69, 9.17) is 5.26 Å². The van der Waals surface area contributed by atoms with E-state index in [1.54, 1.807) is 17.4 Å². The third-order valence-corrected chi connectivity index (χ3v) is 3.08. The second-order valence-corrected chi connectivity index (χ2v) is 4.63. The predicted molar refractivity (Wildman–Crippen MR) is 66.5 cm³/mol. The maximum absolute atomic E-state index is 8.94. The van der Waals surface area contributed by atoms with Crippen LogP contribution in [0.15, 0.2) is 39.5 Å². The van der Waals surface area contributed by atoms with E-state index in [2.05, 4.69) is 27.3 Å². The van der Waals surface area contributed by atoms with Gasteiger partial charge in [-0.1, -0.05) is 15.9 Å². The van der Waals surface area contributed by atoms with Gasteiger partial charge >= 0.3 is 0 Å². The van der Waals surface area contributed by atoms with Crippen LogP contribution in [0.4, 0.5) is 11.4 Å². The van der Waals surface area contributed by atoms with Crippen LogP contribution in [0.5, 0.6) is 0 Å². The molecule has 2 aromatic rings. The van der Waals surface area contributed by atoms with Gasteiger partial charge in [0.15, 0.2) is 0 Å². The van der Waals surface area contributed by atoms with E-state index in [9.17, 15) is 0 Å². The van der Waals surface area contributed by atoms with Crippen LogP contribution < -0.4 is 5.32 Å². The lowest BCUT2D eigenvalue weighted by atomic mass is 10.2. The smallest absolute Gasteiger partial charge is 0.101 e. The van der Waals surface area contributed by atoms with Gasteiger partial charge in [-0.25, -0.2) is 0 Å². The minimum absolute atomic E-state index is 0.643. The number of hydrogen-bond donors (Lipinski definition) is 1. The third-order valence-electron chi connectivity index (χ3n) is 1.90. The molecular weight excluding hydrogens is 272 g/mol. The van der Waals surface area contributed by atoms with E-state index in [1.807, 2.05) is 29.0 Å². The molecule has 0 spiro atoms. The molecule has 2 rings (SSSR count). The van der Waals surface area contributed by atoms with Gasteiger partial charge in [0.05, 0.1) is 11.3 Å². The molecule has 1 aromatic carbocycles. The Kier molecular flexibility index (Phi) is 3.05. The monoisotopic (exact) mass is 278 g/mol. The zero-order valence-corrected chi connectivity index (χ0v) is 10.1. The average Bonchev–Trinajstić information content (AvgIpc) is 2.71. The van der Waals surface area contributed by atoms with Crippen molar-refractivity contribution in [3.8, 4) is 6.07 Å². The highest BCUT2D eigenvalue weighted by molar-refractivity contribution is 9.10. The van der Waals surface area contributed by atoms with Gasteiger partial charge in [-0.05, 0) is 29.6 Å². The SMILES string of the molecule is N#Cc1ccc(Br)cc1Nc1ccsc1. The Labute approximate surface area is 100 Å². The number of nitrogens with one attached hydrogen (secondary N) is 1. The van der Waals surface area contributed by atoms with Crippen LogP contribution in [0.3, 0.4) is 0 Å². The highest BCUT2D eigenvalue weighted by Gasteiger charge is 2.02. The second kappa shape index (κ2) is 4.47. The lowest BCUT2D eigenvalue weighted by Gasteiger charge is -2.06. The van der Waals surface area contributed by atoms with Crippen molar-refractivity contribution in [1.29, 1.82) is 5.26 Å². The second-order valence-electron chi connectivity index (χ2n) is 2.94. The maximum atomic E-state index is 8.94. The molecule has 0 radical (unpaired) electrons. The Morgan fingerprint density at radius 2 is 2.20 bits per heavy atom. The Morgan fingerprint density at radius 3 is 2.87 bits per heavy atom. The van der Waals surface area contributed by atoms with Gasteiger partial charge in [0.25, 0.3) is 0 Å². The standard InChI is InChI=1S/C11H7BrN2S/c12-9-2-1-8(6-13)11(5-9)14-10-3-4-15-7-10/h1-5,7,14H. The van der Waals surface area contributed by atoms with Gasteiger partial charge in [-0.15, -0.1) is 0 Å². The molecule has 1 aromatic heterocycles. The molecule has 0 aliphatic carbocycles. The van der Waals surface area contributed by atoms with E-state index < -0.39 is 0 Å². The normalized spacial score (nSPS) is 9.60. The molecule has 0 amide bonds. The first-order valence-electron chi connectivity index (χ1n) is 4.28. The highest BCUT2D eigenvalue weighted by Crippen LogP contribution is 2.25. The van der Waals surface area contributed by atoms with Crippen LogP contribution in [-0.4, -0.2) is 0 Å². The molecule has 0 unspecified atom stereocenters. The molecule has 0 atom stereocenters. The summed E-state index contributed by atoms with van der Waals surface area (Å²) in [6.45, 7) is 0. The summed E-state index contributed by atoms with van der Waals surface area (Å²) in [5.74, 6) is 0. The molecule has 2 nitrogen and oxygen atoms in total. The number of benzene rings is 1. The van der Waals surface area contributed by atoms with Crippen LogP contribution >= 0.6 is 27.3 Å². The Balaban J connectivity index is 2.35. The molecule has 0 bridgehead atoms. The summed E-state index contributed by atoms with van der Waals surface area (Å²) in [7, 11) is 0. The largest absolute Gasteiger partial charge is 0.354 e. The highest BCUT2D eigenvalue weighted by atomic mass is 79.9. The molecule has 0 saturated heterocycles. The van der Waals surface area contributed by atoms with Crippen molar-refractivity contribution in [2.45, 2.75) is 0 Å². The summed E-state index contributed by atoms with van der Waals surface area (Å²) in [6, 6.07) is 9.68. The molecule has 1 heterocycles. The van der Waals surface area contributed by atoms with Gasteiger partial charge in [0.1, 0.15) is 6.07 Å². The molecule has 1 N–H and O–H groups in total. The van der Waals surface area contributed by atoms with E-state index in [-0.39, 0.29) is 0 Å². The summed E-state index contributed by atoms with van der Waals surface area (Å²) in [5, 5.41) is 16.1. The van der Waals surface area contributed by atoms with Crippen molar-refractivity contribution >= 4 is 38.6 Å². The number of rotatable bonds is 2. The summed E-state index contributed by atoms with van der Waals surface area (Å²) < 4.78 is 0.958. The minimum atomic E-state index is 0.643. The van der Waals surface area contributed by atoms with Crippen LogP contribution in [0.25, 0.3) is 0 Å². The number of thiophene rings is 1. The number of hydrogen-bond acceptors (Lipinski definition) is 3. The van der Waals surface area contributed by atoms with Crippen LogP contribution in [0, 0.1) is 11.3 Å². The molecule has 0 aliphatic rings. The fraction of sp³-hybridized carbons (Fsp3) is 0. The van der Waals surface area contributed by atoms with E-state index in [0.29, 0.717) is 5.56 Å². The fourth-order valence-corrected chi connectivity index (χ4v) is 2.16. The van der Waals surface area contributed by atoms with E-state index >= 15 is 0 Å². The zero-order valence-electron chi connectivity index (χ0n) is 7.70. The topological polar surface area (TPSA) is 35.8 Å². The summed E-state index contributed by atoms with van der Waals surface area (Å²) in [5.41, 5.74) is 2.48. The van der Waals surface area contributed by atoms with Crippen molar-refractivity contribution in [1.82, 2.24) is 0 Å². The average molecular weight is 279 g/mol. The first-order valence-corrected chi connectivity index (χ1v) is 6.02. The Bertz CT molecular complexity index is 500. The lowest BCUT2D eigenvalue weighted by molar-refractivity contribution is 1.46. The molecule has 4 heteroatoms. The summed E-state index contributed by atoms with van der Waals surface area (Å²) >= 11 is 5.00. The van der Waals surface area contributed by atoms with Crippen LogP contribution in [0.1, 0.15) is 5.56 Å². The number of nitriles is 1. The van der Waals surface area contributed by atoms with Crippen molar-refractivity contribution in [3.05, 3.63) is 45.1 Å². The summed E-state index contributed by atoms with van der Waals surface area (Å²) in [6.07, 6.45) is 0. The summed E-state index contributed by atoms with van der Waals surface area (Å²) in [4.78, 5) is 0. The van der Waals surface area contributed by atoms with E-state index in [0.717, 1.165) is 15.8 Å². The van der Waals surface area contributed by atoms with Gasteiger partial charge in [0.2, 0.25) is 0 Å². The van der Waals surface area contributed by atoms with Crippen molar-refractivity contribution in [2.24, 2.45) is 0 Å². The number of nitrogens with zero attached hydrogens (tertiary/aromatic N) is 1. The maximum Gasteiger partial charge on any atom is 0.101 e. The Hall–Kier alpha value is -1.31. The van der Waals surface area contributed by atoms with Crippen LogP contribution in [0.2, 0.25) is 0 Å². The molecule has 0 fully saturated rings.